The van der Waals surface area contributed by atoms with Crippen LogP contribution in [0.15, 0.2) is 0 Å². The fourth-order valence-electron chi connectivity index (χ4n) is 1.86. The van der Waals surface area contributed by atoms with Crippen LogP contribution in [0.25, 0.3) is 0 Å². The van der Waals surface area contributed by atoms with E-state index in [4.69, 9.17) is 27.8 Å². The van der Waals surface area contributed by atoms with Crippen LogP contribution in [0.3, 0.4) is 0 Å². The molecular weight excluding hydrogens is 228 g/mol. The minimum absolute atomic E-state index is 0.297. The molecular formula is C10H18N2O3S. The van der Waals surface area contributed by atoms with E-state index in [1.165, 1.54) is 0 Å². The molecule has 1 heterocycles. The van der Waals surface area contributed by atoms with Gasteiger partial charge in [0.05, 0.1) is 6.61 Å². The van der Waals surface area contributed by atoms with Gasteiger partial charge in [-0.15, -0.1) is 0 Å². The van der Waals surface area contributed by atoms with Crippen molar-refractivity contribution in [2.75, 3.05) is 19.7 Å². The van der Waals surface area contributed by atoms with Crippen molar-refractivity contribution < 1.29 is 14.6 Å². The minimum atomic E-state index is -0.787. The van der Waals surface area contributed by atoms with Crippen molar-refractivity contribution in [3.05, 3.63) is 0 Å². The van der Waals surface area contributed by atoms with E-state index in [0.29, 0.717) is 31.1 Å². The lowest BCUT2D eigenvalue weighted by Gasteiger charge is -2.35. The first-order valence-corrected chi connectivity index (χ1v) is 5.84. The molecule has 0 aliphatic carbocycles. The van der Waals surface area contributed by atoms with Crippen molar-refractivity contribution in [2.24, 2.45) is 5.73 Å². The topological polar surface area (TPSA) is 75.8 Å². The van der Waals surface area contributed by atoms with Gasteiger partial charge < -0.3 is 15.6 Å². The molecule has 16 heavy (non-hydrogen) atoms. The van der Waals surface area contributed by atoms with Gasteiger partial charge in [-0.1, -0.05) is 25.6 Å². The third-order valence-electron chi connectivity index (χ3n) is 2.70. The number of nitrogens with two attached hydrogens (primary N) is 1. The predicted molar refractivity (Wildman–Crippen MR) is 64.4 cm³/mol. The summed E-state index contributed by atoms with van der Waals surface area (Å²) in [5, 5.41) is 9.13. The van der Waals surface area contributed by atoms with E-state index >= 15 is 0 Å². The van der Waals surface area contributed by atoms with E-state index in [-0.39, 0.29) is 6.10 Å². The van der Waals surface area contributed by atoms with Gasteiger partial charge in [0.25, 0.3) is 0 Å². The summed E-state index contributed by atoms with van der Waals surface area (Å²) in [5.74, 6) is -0.787. The summed E-state index contributed by atoms with van der Waals surface area (Å²) in [4.78, 5) is 13.3. The first kappa shape index (κ1) is 13.3. The van der Waals surface area contributed by atoms with Crippen LogP contribution < -0.4 is 5.73 Å². The van der Waals surface area contributed by atoms with Crippen molar-refractivity contribution in [1.82, 2.24) is 4.90 Å². The molecule has 0 radical (unpaired) electrons. The van der Waals surface area contributed by atoms with E-state index < -0.39 is 12.0 Å². The summed E-state index contributed by atoms with van der Waals surface area (Å²) < 4.78 is 5.38. The van der Waals surface area contributed by atoms with Gasteiger partial charge in [0.1, 0.15) is 17.1 Å². The van der Waals surface area contributed by atoms with Crippen LogP contribution in [0.4, 0.5) is 0 Å². The Labute approximate surface area is 101 Å². The van der Waals surface area contributed by atoms with E-state index in [2.05, 4.69) is 0 Å². The molecule has 0 saturated carbocycles. The third kappa shape index (κ3) is 3.40. The molecule has 0 aromatic rings. The van der Waals surface area contributed by atoms with Crippen LogP contribution in [0.5, 0.6) is 0 Å². The fraction of sp³-hybridized carbons (Fsp3) is 0.800. The number of carbonyl (C=O) groups is 1. The molecule has 0 aromatic heterocycles. The molecule has 0 bridgehead atoms. The Morgan fingerprint density at radius 1 is 1.75 bits per heavy atom. The predicted octanol–water partition coefficient (Wildman–Crippen LogP) is 0.227. The van der Waals surface area contributed by atoms with E-state index in [1.54, 1.807) is 0 Å². The molecule has 0 aromatic carbocycles. The van der Waals surface area contributed by atoms with Gasteiger partial charge in [0.15, 0.2) is 0 Å². The molecule has 92 valence electrons. The average molecular weight is 246 g/mol. The van der Waals surface area contributed by atoms with E-state index in [9.17, 15) is 4.79 Å². The molecule has 0 amide bonds. The summed E-state index contributed by atoms with van der Waals surface area (Å²) in [7, 11) is 0. The maximum atomic E-state index is 11.1. The van der Waals surface area contributed by atoms with Gasteiger partial charge in [-0.05, 0) is 6.42 Å². The summed E-state index contributed by atoms with van der Waals surface area (Å²) in [6, 6.07) is -0.453. The molecule has 1 aliphatic heterocycles. The van der Waals surface area contributed by atoms with E-state index in [0.717, 1.165) is 6.42 Å². The van der Waals surface area contributed by atoms with Crippen LogP contribution in [-0.4, -0.2) is 52.8 Å². The monoisotopic (exact) mass is 246 g/mol. The van der Waals surface area contributed by atoms with Gasteiger partial charge in [-0.2, -0.15) is 0 Å². The highest BCUT2D eigenvalue weighted by Gasteiger charge is 2.31. The van der Waals surface area contributed by atoms with Crippen molar-refractivity contribution >= 4 is 23.2 Å². The zero-order valence-electron chi connectivity index (χ0n) is 9.39. The average Bonchev–Trinajstić information content (AvgIpc) is 2.25. The zero-order valence-corrected chi connectivity index (χ0v) is 10.2. The molecule has 5 nitrogen and oxygen atoms in total. The van der Waals surface area contributed by atoms with Crippen LogP contribution in [0.2, 0.25) is 0 Å². The number of carboxylic acid groups (broad SMARTS) is 1. The van der Waals surface area contributed by atoms with Crippen LogP contribution in [0, 0.1) is 0 Å². The second kappa shape index (κ2) is 6.12. The Kier molecular flexibility index (Phi) is 5.11. The zero-order chi connectivity index (χ0) is 12.1. The Hall–Kier alpha value is -0.720. The number of morpholine rings is 1. The number of hydrogen-bond acceptors (Lipinski definition) is 4. The van der Waals surface area contributed by atoms with Crippen molar-refractivity contribution in [2.45, 2.75) is 31.9 Å². The number of nitrogens with zero attached hydrogens (tertiary/aromatic N) is 1. The molecule has 1 aliphatic rings. The Morgan fingerprint density at radius 2 is 2.44 bits per heavy atom. The number of aliphatic carboxylic acids is 1. The molecule has 1 rings (SSSR count). The number of thiocarbonyl (C=S) groups is 1. The van der Waals surface area contributed by atoms with Gasteiger partial charge in [-0.3, -0.25) is 9.69 Å². The second-order valence-corrected chi connectivity index (χ2v) is 4.37. The van der Waals surface area contributed by atoms with Crippen LogP contribution in [0.1, 0.15) is 19.8 Å². The van der Waals surface area contributed by atoms with Crippen molar-refractivity contribution in [3.63, 3.8) is 0 Å². The van der Waals surface area contributed by atoms with Crippen LogP contribution in [-0.2, 0) is 9.53 Å². The maximum absolute atomic E-state index is 11.1. The highest BCUT2D eigenvalue weighted by Crippen LogP contribution is 2.13. The third-order valence-corrected chi connectivity index (χ3v) is 2.97. The highest BCUT2D eigenvalue weighted by molar-refractivity contribution is 7.80. The van der Waals surface area contributed by atoms with Crippen LogP contribution >= 0.6 is 12.2 Å². The molecule has 0 spiro atoms. The minimum Gasteiger partial charge on any atom is -0.480 e. The number of rotatable bonds is 5. The lowest BCUT2D eigenvalue weighted by atomic mass is 10.1. The summed E-state index contributed by atoms with van der Waals surface area (Å²) in [6.45, 7) is 3.55. The smallest absolute Gasteiger partial charge is 0.320 e. The maximum Gasteiger partial charge on any atom is 0.320 e. The number of hydrogen-bond donors (Lipinski definition) is 2. The van der Waals surface area contributed by atoms with Crippen molar-refractivity contribution in [3.8, 4) is 0 Å². The molecule has 2 atom stereocenters. The normalized spacial score (nSPS) is 23.9. The first-order valence-electron chi connectivity index (χ1n) is 5.44. The van der Waals surface area contributed by atoms with Gasteiger partial charge >= 0.3 is 5.97 Å². The second-order valence-electron chi connectivity index (χ2n) is 3.90. The largest absolute Gasteiger partial charge is 0.480 e. The van der Waals surface area contributed by atoms with Gasteiger partial charge in [0, 0.05) is 13.1 Å². The summed E-state index contributed by atoms with van der Waals surface area (Å²) in [5.41, 5.74) is 5.51. The molecule has 3 N–H and O–H groups in total. The summed E-state index contributed by atoms with van der Waals surface area (Å²) >= 11 is 4.86. The quantitative estimate of drug-likeness (QED) is 0.676. The Morgan fingerprint density at radius 3 is 2.94 bits per heavy atom. The summed E-state index contributed by atoms with van der Waals surface area (Å²) in [6.07, 6.45) is 1.16. The standard InChI is InChI=1S/C10H18N2O3S/c1-2-3-7(10(13)14)12-4-5-15-8(6-12)9(11)16/h7-8H,2-6H2,1H3,(H2,11,16)(H,13,14). The molecule has 2 unspecified atom stereocenters. The van der Waals surface area contributed by atoms with E-state index in [1.807, 2.05) is 11.8 Å². The van der Waals surface area contributed by atoms with Gasteiger partial charge in [-0.25, -0.2) is 0 Å². The highest BCUT2D eigenvalue weighted by atomic mass is 32.1. The first-order chi connectivity index (χ1) is 7.56. The number of carboxylic acids is 1. The SMILES string of the molecule is CCCC(C(=O)O)N1CCOC(C(N)=S)C1. The van der Waals surface area contributed by atoms with Gasteiger partial charge in [0.2, 0.25) is 0 Å². The molecule has 1 saturated heterocycles. The van der Waals surface area contributed by atoms with Crippen molar-refractivity contribution in [1.29, 1.82) is 0 Å². The lowest BCUT2D eigenvalue weighted by molar-refractivity contribution is -0.146. The molecule has 1 fully saturated rings. The Balaban J connectivity index is 2.62. The lowest BCUT2D eigenvalue weighted by Crippen LogP contribution is -2.53. The number of ether oxygens (including phenoxy) is 1. The fourth-order valence-corrected chi connectivity index (χ4v) is 2.00. The molecule has 6 heteroatoms. The Bertz CT molecular complexity index is 273.